The number of anilines is 1. The van der Waals surface area contributed by atoms with Crippen LogP contribution in [-0.4, -0.2) is 34.9 Å². The number of nitrogens with zero attached hydrogens (tertiary/aromatic N) is 3. The van der Waals surface area contributed by atoms with E-state index in [0.717, 1.165) is 27.9 Å². The molecule has 2 N–H and O–H groups in total. The first-order valence-electron chi connectivity index (χ1n) is 7.97. The minimum Gasteiger partial charge on any atom is -0.384 e. The standard InChI is InChI=1S/C20H20N4O/c1-13-19(16-8-9-18(21)23-12-16)17(10-11-22-13)14-4-6-15(7-5-14)20(25)24(2)3/h4-12H,1-3H3,(H2,21,23). The summed E-state index contributed by atoms with van der Waals surface area (Å²) in [5, 5.41) is 0. The molecule has 0 fully saturated rings. The van der Waals surface area contributed by atoms with Gasteiger partial charge in [0.2, 0.25) is 0 Å². The van der Waals surface area contributed by atoms with Crippen molar-refractivity contribution in [3.63, 3.8) is 0 Å². The Bertz CT molecular complexity index is 900. The van der Waals surface area contributed by atoms with Crippen LogP contribution in [0, 0.1) is 6.92 Å². The van der Waals surface area contributed by atoms with Crippen LogP contribution in [0.5, 0.6) is 0 Å². The predicted molar refractivity (Wildman–Crippen MR) is 100 cm³/mol. The van der Waals surface area contributed by atoms with E-state index in [-0.39, 0.29) is 5.91 Å². The Kier molecular flexibility index (Phi) is 4.48. The van der Waals surface area contributed by atoms with Gasteiger partial charge in [-0.3, -0.25) is 9.78 Å². The fourth-order valence-corrected chi connectivity index (χ4v) is 2.78. The minimum absolute atomic E-state index is 0.0135. The molecule has 126 valence electrons. The highest BCUT2D eigenvalue weighted by Gasteiger charge is 2.13. The molecule has 3 rings (SSSR count). The molecule has 0 aliphatic rings. The molecule has 0 radical (unpaired) electrons. The average molecular weight is 332 g/mol. The summed E-state index contributed by atoms with van der Waals surface area (Å²) >= 11 is 0. The third kappa shape index (κ3) is 3.35. The fourth-order valence-electron chi connectivity index (χ4n) is 2.78. The van der Waals surface area contributed by atoms with Gasteiger partial charge in [0.15, 0.2) is 0 Å². The molecule has 2 heterocycles. The van der Waals surface area contributed by atoms with Crippen LogP contribution in [0.3, 0.4) is 0 Å². The van der Waals surface area contributed by atoms with Gasteiger partial charge in [-0.2, -0.15) is 0 Å². The number of carbonyl (C=O) groups excluding carboxylic acids is 1. The van der Waals surface area contributed by atoms with E-state index in [4.69, 9.17) is 5.73 Å². The smallest absolute Gasteiger partial charge is 0.253 e. The Hall–Kier alpha value is -3.21. The van der Waals surface area contributed by atoms with E-state index in [2.05, 4.69) is 9.97 Å². The van der Waals surface area contributed by atoms with Crippen LogP contribution in [0.2, 0.25) is 0 Å². The number of carbonyl (C=O) groups is 1. The zero-order valence-electron chi connectivity index (χ0n) is 14.5. The van der Waals surface area contributed by atoms with E-state index in [0.29, 0.717) is 11.4 Å². The number of aryl methyl sites for hydroxylation is 1. The molecule has 0 unspecified atom stereocenters. The van der Waals surface area contributed by atoms with Gasteiger partial charge in [-0.05, 0) is 48.4 Å². The average Bonchev–Trinajstić information content (AvgIpc) is 2.62. The maximum Gasteiger partial charge on any atom is 0.253 e. The number of nitrogens with two attached hydrogens (primary N) is 1. The number of aromatic nitrogens is 2. The van der Waals surface area contributed by atoms with Crippen LogP contribution in [0.1, 0.15) is 16.1 Å². The normalized spacial score (nSPS) is 10.5. The molecule has 1 amide bonds. The monoisotopic (exact) mass is 332 g/mol. The number of rotatable bonds is 3. The maximum absolute atomic E-state index is 12.1. The largest absolute Gasteiger partial charge is 0.384 e. The van der Waals surface area contributed by atoms with Crippen molar-refractivity contribution < 1.29 is 4.79 Å². The molecule has 0 saturated heterocycles. The second-order valence-electron chi connectivity index (χ2n) is 6.07. The lowest BCUT2D eigenvalue weighted by Crippen LogP contribution is -2.21. The summed E-state index contributed by atoms with van der Waals surface area (Å²) in [6.07, 6.45) is 3.55. The molecule has 5 heteroatoms. The Morgan fingerprint density at radius 1 is 0.960 bits per heavy atom. The van der Waals surface area contributed by atoms with Crippen molar-refractivity contribution in [2.45, 2.75) is 6.92 Å². The molecule has 0 spiro atoms. The lowest BCUT2D eigenvalue weighted by atomic mass is 9.94. The zero-order chi connectivity index (χ0) is 18.0. The Morgan fingerprint density at radius 2 is 1.64 bits per heavy atom. The van der Waals surface area contributed by atoms with E-state index >= 15 is 0 Å². The molecule has 0 saturated carbocycles. The quantitative estimate of drug-likeness (QED) is 0.798. The molecule has 25 heavy (non-hydrogen) atoms. The van der Waals surface area contributed by atoms with Crippen LogP contribution in [0.4, 0.5) is 5.82 Å². The topological polar surface area (TPSA) is 72.1 Å². The number of hydrogen-bond acceptors (Lipinski definition) is 4. The van der Waals surface area contributed by atoms with E-state index in [1.807, 2.05) is 43.3 Å². The third-order valence-electron chi connectivity index (χ3n) is 4.06. The van der Waals surface area contributed by atoms with Gasteiger partial charge >= 0.3 is 0 Å². The summed E-state index contributed by atoms with van der Waals surface area (Å²) in [5.41, 5.74) is 11.3. The van der Waals surface area contributed by atoms with Crippen LogP contribution in [0.15, 0.2) is 54.9 Å². The summed E-state index contributed by atoms with van der Waals surface area (Å²) in [7, 11) is 3.49. The lowest BCUT2D eigenvalue weighted by molar-refractivity contribution is 0.0827. The first-order valence-corrected chi connectivity index (χ1v) is 7.97. The summed E-state index contributed by atoms with van der Waals surface area (Å²) in [5.74, 6) is 0.471. The SMILES string of the molecule is Cc1nccc(-c2ccc(C(=O)N(C)C)cc2)c1-c1ccc(N)nc1. The summed E-state index contributed by atoms with van der Waals surface area (Å²) < 4.78 is 0. The maximum atomic E-state index is 12.1. The Balaban J connectivity index is 2.07. The minimum atomic E-state index is -0.0135. The molecule has 5 nitrogen and oxygen atoms in total. The molecule has 0 aliphatic heterocycles. The van der Waals surface area contributed by atoms with Gasteiger partial charge in [0.25, 0.3) is 5.91 Å². The third-order valence-corrected chi connectivity index (χ3v) is 4.06. The number of amides is 1. The van der Waals surface area contributed by atoms with Crippen molar-refractivity contribution in [1.29, 1.82) is 0 Å². The number of nitrogen functional groups attached to an aromatic ring is 1. The summed E-state index contributed by atoms with van der Waals surface area (Å²) in [6.45, 7) is 1.97. The number of benzene rings is 1. The van der Waals surface area contributed by atoms with Gasteiger partial charge in [0.05, 0.1) is 0 Å². The molecule has 1 aromatic carbocycles. The number of pyridine rings is 2. The highest BCUT2D eigenvalue weighted by Crippen LogP contribution is 2.33. The first kappa shape index (κ1) is 16.6. The van der Waals surface area contributed by atoms with Crippen molar-refractivity contribution in [3.05, 3.63) is 66.1 Å². The molecule has 0 bridgehead atoms. The highest BCUT2D eigenvalue weighted by molar-refractivity contribution is 5.95. The van der Waals surface area contributed by atoms with Gasteiger partial charge < -0.3 is 10.6 Å². The van der Waals surface area contributed by atoms with Crippen LogP contribution >= 0.6 is 0 Å². The van der Waals surface area contributed by atoms with Gasteiger partial charge in [-0.15, -0.1) is 0 Å². The van der Waals surface area contributed by atoms with Crippen molar-refractivity contribution in [2.75, 3.05) is 19.8 Å². The first-order chi connectivity index (χ1) is 12.0. The highest BCUT2D eigenvalue weighted by atomic mass is 16.2. The summed E-state index contributed by atoms with van der Waals surface area (Å²) in [6, 6.07) is 13.3. The van der Waals surface area contributed by atoms with Crippen LogP contribution in [0.25, 0.3) is 22.3 Å². The van der Waals surface area contributed by atoms with E-state index in [1.165, 1.54) is 0 Å². The van der Waals surface area contributed by atoms with Gasteiger partial charge in [-0.1, -0.05) is 12.1 Å². The van der Waals surface area contributed by atoms with Crippen molar-refractivity contribution in [3.8, 4) is 22.3 Å². The Labute approximate surface area is 147 Å². The number of hydrogen-bond donors (Lipinski definition) is 1. The van der Waals surface area contributed by atoms with Gasteiger partial charge in [0.1, 0.15) is 5.82 Å². The Morgan fingerprint density at radius 3 is 2.24 bits per heavy atom. The second-order valence-corrected chi connectivity index (χ2v) is 6.07. The molecular formula is C20H20N4O. The fraction of sp³-hybridized carbons (Fsp3) is 0.150. The lowest BCUT2D eigenvalue weighted by Gasteiger charge is -2.14. The molecule has 0 aliphatic carbocycles. The van der Waals surface area contributed by atoms with Crippen LogP contribution in [-0.2, 0) is 0 Å². The van der Waals surface area contributed by atoms with Crippen molar-refractivity contribution in [1.82, 2.24) is 14.9 Å². The van der Waals surface area contributed by atoms with E-state index in [9.17, 15) is 4.79 Å². The predicted octanol–water partition coefficient (Wildman–Crippen LogP) is 3.40. The molecular weight excluding hydrogens is 312 g/mol. The van der Waals surface area contributed by atoms with Crippen molar-refractivity contribution in [2.24, 2.45) is 0 Å². The van der Waals surface area contributed by atoms with Crippen LogP contribution < -0.4 is 5.73 Å². The van der Waals surface area contributed by atoms with Gasteiger partial charge in [0, 0.05) is 48.9 Å². The molecule has 3 aromatic rings. The van der Waals surface area contributed by atoms with E-state index < -0.39 is 0 Å². The summed E-state index contributed by atoms with van der Waals surface area (Å²) in [4.78, 5) is 22.2. The van der Waals surface area contributed by atoms with Gasteiger partial charge in [-0.25, -0.2) is 4.98 Å². The van der Waals surface area contributed by atoms with E-state index in [1.54, 1.807) is 37.5 Å². The second kappa shape index (κ2) is 6.73. The van der Waals surface area contributed by atoms with Crippen molar-refractivity contribution >= 4 is 11.7 Å². The zero-order valence-corrected chi connectivity index (χ0v) is 14.5. The molecule has 0 atom stereocenters. The molecule has 2 aromatic heterocycles.